The highest BCUT2D eigenvalue weighted by atomic mass is 79.9. The first kappa shape index (κ1) is 20.4. The van der Waals surface area contributed by atoms with Crippen LogP contribution < -0.4 is 19.6 Å². The van der Waals surface area contributed by atoms with Crippen molar-refractivity contribution in [2.75, 3.05) is 6.79 Å². The lowest BCUT2D eigenvalue weighted by Gasteiger charge is -2.09. The Hall–Kier alpha value is -2.84. The Morgan fingerprint density at radius 3 is 2.63 bits per heavy atom. The predicted molar refractivity (Wildman–Crippen MR) is 120 cm³/mol. The molecule has 0 aromatic heterocycles. The number of ether oxygens (including phenoxy) is 3. The van der Waals surface area contributed by atoms with Gasteiger partial charge in [0.05, 0.1) is 10.7 Å². The number of halogens is 2. The fourth-order valence-corrected chi connectivity index (χ4v) is 3.50. The van der Waals surface area contributed by atoms with Crippen molar-refractivity contribution in [3.05, 3.63) is 86.3 Å². The molecule has 3 aromatic rings. The zero-order valence-corrected chi connectivity index (χ0v) is 18.8. The summed E-state index contributed by atoms with van der Waals surface area (Å²) in [6.07, 6.45) is 1.56. The molecule has 4 rings (SSSR count). The van der Waals surface area contributed by atoms with Gasteiger partial charge in [0.15, 0.2) is 11.5 Å². The van der Waals surface area contributed by atoms with E-state index in [1.165, 1.54) is 0 Å². The Balaban J connectivity index is 1.34. The number of hydrogen-bond donors (Lipinski definition) is 1. The standard InChI is InChI=1S/C22H16Br2N2O4/c23-17-5-1-14(2-6-17)12-28-19-7-3-15(9-18(19)24)11-25-26-22(27)16-4-8-20-21(10-16)30-13-29-20/h1-11H,12-13H2,(H,26,27)/b25-11-. The molecule has 0 saturated carbocycles. The van der Waals surface area contributed by atoms with Gasteiger partial charge in [-0.05, 0) is 75.6 Å². The summed E-state index contributed by atoms with van der Waals surface area (Å²) >= 11 is 6.93. The number of hydrogen-bond acceptors (Lipinski definition) is 5. The minimum atomic E-state index is -0.335. The number of fused-ring (bicyclic) bond motifs is 1. The molecule has 3 aromatic carbocycles. The van der Waals surface area contributed by atoms with Crippen molar-refractivity contribution in [1.29, 1.82) is 0 Å². The maximum absolute atomic E-state index is 12.2. The molecule has 0 unspecified atom stereocenters. The summed E-state index contributed by atoms with van der Waals surface area (Å²) in [5.74, 6) is 1.56. The van der Waals surface area contributed by atoms with Crippen molar-refractivity contribution in [2.45, 2.75) is 6.61 Å². The molecule has 6 nitrogen and oxygen atoms in total. The smallest absolute Gasteiger partial charge is 0.271 e. The number of nitrogens with zero attached hydrogens (tertiary/aromatic N) is 1. The van der Waals surface area contributed by atoms with E-state index < -0.39 is 0 Å². The third kappa shape index (κ3) is 5.01. The first-order valence-electron chi connectivity index (χ1n) is 8.98. The maximum Gasteiger partial charge on any atom is 0.271 e. The molecule has 0 radical (unpaired) electrons. The highest BCUT2D eigenvalue weighted by molar-refractivity contribution is 9.10. The van der Waals surface area contributed by atoms with Crippen molar-refractivity contribution < 1.29 is 19.0 Å². The Labute approximate surface area is 190 Å². The number of benzene rings is 3. The summed E-state index contributed by atoms with van der Waals surface area (Å²) in [5, 5.41) is 4.02. The van der Waals surface area contributed by atoms with Crippen LogP contribution in [0.15, 0.2) is 74.7 Å². The molecular formula is C22H16Br2N2O4. The van der Waals surface area contributed by atoms with E-state index in [1.54, 1.807) is 24.4 Å². The zero-order chi connectivity index (χ0) is 20.9. The molecule has 0 saturated heterocycles. The van der Waals surface area contributed by atoms with E-state index >= 15 is 0 Å². The molecule has 0 aliphatic carbocycles. The minimum Gasteiger partial charge on any atom is -0.488 e. The van der Waals surface area contributed by atoms with E-state index in [9.17, 15) is 4.79 Å². The van der Waals surface area contributed by atoms with Gasteiger partial charge in [-0.15, -0.1) is 0 Å². The van der Waals surface area contributed by atoms with Crippen LogP contribution in [0.4, 0.5) is 0 Å². The monoisotopic (exact) mass is 530 g/mol. The molecule has 0 bridgehead atoms. The zero-order valence-electron chi connectivity index (χ0n) is 15.6. The second kappa shape index (κ2) is 9.32. The molecule has 1 heterocycles. The van der Waals surface area contributed by atoms with Crippen LogP contribution in [0.25, 0.3) is 0 Å². The van der Waals surface area contributed by atoms with Crippen LogP contribution in [-0.4, -0.2) is 18.9 Å². The molecule has 0 spiro atoms. The van der Waals surface area contributed by atoms with Gasteiger partial charge in [0, 0.05) is 10.0 Å². The first-order valence-corrected chi connectivity index (χ1v) is 10.6. The van der Waals surface area contributed by atoms with Gasteiger partial charge in [0.2, 0.25) is 6.79 Å². The van der Waals surface area contributed by atoms with Gasteiger partial charge in [0.1, 0.15) is 12.4 Å². The summed E-state index contributed by atoms with van der Waals surface area (Å²) in [5.41, 5.74) is 4.83. The van der Waals surface area contributed by atoms with Gasteiger partial charge < -0.3 is 14.2 Å². The molecule has 1 amide bonds. The average molecular weight is 532 g/mol. The van der Waals surface area contributed by atoms with E-state index in [2.05, 4.69) is 42.4 Å². The van der Waals surface area contributed by atoms with Crippen molar-refractivity contribution in [1.82, 2.24) is 5.43 Å². The quantitative estimate of drug-likeness (QED) is 0.347. The van der Waals surface area contributed by atoms with Gasteiger partial charge >= 0.3 is 0 Å². The molecule has 30 heavy (non-hydrogen) atoms. The van der Waals surface area contributed by atoms with E-state index in [0.29, 0.717) is 23.7 Å². The SMILES string of the molecule is O=C(N/N=C\c1ccc(OCc2ccc(Br)cc2)c(Br)c1)c1ccc2c(c1)OCO2. The van der Waals surface area contributed by atoms with E-state index in [-0.39, 0.29) is 12.7 Å². The summed E-state index contributed by atoms with van der Waals surface area (Å²) in [4.78, 5) is 12.2. The molecule has 152 valence electrons. The second-order valence-corrected chi connectivity index (χ2v) is 8.14. The number of amides is 1. The Kier molecular flexibility index (Phi) is 6.35. The predicted octanol–water partition coefficient (Wildman–Crippen LogP) is 5.28. The fourth-order valence-electron chi connectivity index (χ4n) is 2.72. The molecule has 8 heteroatoms. The molecule has 1 N–H and O–H groups in total. The molecule has 1 aliphatic rings. The van der Waals surface area contributed by atoms with Crippen LogP contribution in [0.5, 0.6) is 17.2 Å². The van der Waals surface area contributed by atoms with E-state index in [1.807, 2.05) is 42.5 Å². The van der Waals surface area contributed by atoms with Crippen molar-refractivity contribution >= 4 is 44.0 Å². The number of carbonyl (C=O) groups is 1. The minimum absolute atomic E-state index is 0.163. The van der Waals surface area contributed by atoms with Gasteiger partial charge in [-0.25, -0.2) is 5.43 Å². The first-order chi connectivity index (χ1) is 14.6. The maximum atomic E-state index is 12.2. The van der Waals surface area contributed by atoms with Gasteiger partial charge in [-0.2, -0.15) is 5.10 Å². The lowest BCUT2D eigenvalue weighted by Crippen LogP contribution is -2.17. The van der Waals surface area contributed by atoms with E-state index in [0.717, 1.165) is 25.8 Å². The van der Waals surface area contributed by atoms with Crippen LogP contribution in [0.3, 0.4) is 0 Å². The van der Waals surface area contributed by atoms with Crippen molar-refractivity contribution in [3.8, 4) is 17.2 Å². The Morgan fingerprint density at radius 1 is 1.03 bits per heavy atom. The van der Waals surface area contributed by atoms with Crippen molar-refractivity contribution in [2.24, 2.45) is 5.10 Å². The Bertz CT molecular complexity index is 1100. The van der Waals surface area contributed by atoms with Gasteiger partial charge in [0.25, 0.3) is 5.91 Å². The molecule has 0 atom stereocenters. The van der Waals surface area contributed by atoms with Crippen molar-refractivity contribution in [3.63, 3.8) is 0 Å². The van der Waals surface area contributed by atoms with Crippen LogP contribution in [0.1, 0.15) is 21.5 Å². The third-order valence-corrected chi connectivity index (χ3v) is 5.43. The highest BCUT2D eigenvalue weighted by Gasteiger charge is 2.15. The third-order valence-electron chi connectivity index (χ3n) is 4.28. The van der Waals surface area contributed by atoms with Gasteiger partial charge in [-0.1, -0.05) is 28.1 Å². The summed E-state index contributed by atoms with van der Waals surface area (Å²) in [6.45, 7) is 0.626. The number of rotatable bonds is 6. The van der Waals surface area contributed by atoms with Crippen LogP contribution in [0.2, 0.25) is 0 Å². The fraction of sp³-hybridized carbons (Fsp3) is 0.0909. The largest absolute Gasteiger partial charge is 0.488 e. The summed E-state index contributed by atoms with van der Waals surface area (Å²) < 4.78 is 18.2. The molecule has 1 aliphatic heterocycles. The average Bonchev–Trinajstić information content (AvgIpc) is 3.22. The Morgan fingerprint density at radius 2 is 1.83 bits per heavy atom. The topological polar surface area (TPSA) is 69.2 Å². The van der Waals surface area contributed by atoms with E-state index in [4.69, 9.17) is 14.2 Å². The molecular weight excluding hydrogens is 516 g/mol. The lowest BCUT2D eigenvalue weighted by atomic mass is 10.2. The second-order valence-electron chi connectivity index (χ2n) is 6.37. The van der Waals surface area contributed by atoms with Crippen LogP contribution in [-0.2, 0) is 6.61 Å². The number of hydrazone groups is 1. The summed E-state index contributed by atoms with van der Waals surface area (Å²) in [6, 6.07) is 18.5. The molecule has 0 fully saturated rings. The number of carbonyl (C=O) groups excluding carboxylic acids is 1. The van der Waals surface area contributed by atoms with Crippen LogP contribution in [0, 0.1) is 0 Å². The normalized spacial score (nSPS) is 12.2. The van der Waals surface area contributed by atoms with Gasteiger partial charge in [-0.3, -0.25) is 4.79 Å². The number of nitrogens with one attached hydrogen (secondary N) is 1. The van der Waals surface area contributed by atoms with Crippen LogP contribution >= 0.6 is 31.9 Å². The summed E-state index contributed by atoms with van der Waals surface area (Å²) in [7, 11) is 0. The lowest BCUT2D eigenvalue weighted by molar-refractivity contribution is 0.0954. The highest BCUT2D eigenvalue weighted by Crippen LogP contribution is 2.32.